The van der Waals surface area contributed by atoms with E-state index in [9.17, 15) is 5.11 Å². The summed E-state index contributed by atoms with van der Waals surface area (Å²) in [5.41, 5.74) is -0.552. The van der Waals surface area contributed by atoms with Crippen molar-refractivity contribution in [3.8, 4) is 6.07 Å². The van der Waals surface area contributed by atoms with Gasteiger partial charge in [0.2, 0.25) is 0 Å². The van der Waals surface area contributed by atoms with E-state index in [-0.39, 0.29) is 0 Å². The molecular weight excluding hydrogens is 164 g/mol. The minimum absolute atomic E-state index is 0.331. The van der Waals surface area contributed by atoms with Crippen molar-refractivity contribution in [3.05, 3.63) is 0 Å². The van der Waals surface area contributed by atoms with Crippen LogP contribution in [-0.2, 0) is 0 Å². The van der Waals surface area contributed by atoms with E-state index in [1.54, 1.807) is 0 Å². The molecular formula is C10H18N2O. The van der Waals surface area contributed by atoms with E-state index in [2.05, 4.69) is 12.2 Å². The average molecular weight is 182 g/mol. The quantitative estimate of drug-likeness (QED) is 0.506. The third-order valence-corrected chi connectivity index (χ3v) is 2.86. The van der Waals surface area contributed by atoms with Crippen LogP contribution in [0.25, 0.3) is 0 Å². The lowest BCUT2D eigenvalue weighted by molar-refractivity contribution is -0.00522. The molecule has 1 aliphatic carbocycles. The van der Waals surface area contributed by atoms with Crippen LogP contribution in [0.1, 0.15) is 32.6 Å². The summed E-state index contributed by atoms with van der Waals surface area (Å²) < 4.78 is 0. The van der Waals surface area contributed by atoms with Gasteiger partial charge in [0.1, 0.15) is 0 Å². The SMILES string of the molecule is CC1CCC(O)(CNCC#N)CC1. The molecule has 13 heavy (non-hydrogen) atoms. The lowest BCUT2D eigenvalue weighted by Crippen LogP contribution is -2.43. The molecule has 1 saturated carbocycles. The number of rotatable bonds is 3. The van der Waals surface area contributed by atoms with Crippen molar-refractivity contribution in [2.45, 2.75) is 38.2 Å². The fourth-order valence-corrected chi connectivity index (χ4v) is 1.83. The molecule has 0 bridgehead atoms. The molecule has 1 rings (SSSR count). The van der Waals surface area contributed by atoms with E-state index in [0.29, 0.717) is 13.1 Å². The minimum atomic E-state index is -0.552. The van der Waals surface area contributed by atoms with Crippen molar-refractivity contribution in [2.75, 3.05) is 13.1 Å². The first-order valence-corrected chi connectivity index (χ1v) is 4.96. The lowest BCUT2D eigenvalue weighted by atomic mass is 9.79. The normalized spacial score (nSPS) is 34.1. The van der Waals surface area contributed by atoms with Crippen LogP contribution in [-0.4, -0.2) is 23.8 Å². The monoisotopic (exact) mass is 182 g/mol. The van der Waals surface area contributed by atoms with Gasteiger partial charge in [0.25, 0.3) is 0 Å². The smallest absolute Gasteiger partial charge is 0.0841 e. The highest BCUT2D eigenvalue weighted by Crippen LogP contribution is 2.31. The van der Waals surface area contributed by atoms with Gasteiger partial charge >= 0.3 is 0 Å². The number of hydrogen-bond acceptors (Lipinski definition) is 3. The molecule has 3 heteroatoms. The maximum absolute atomic E-state index is 10.0. The molecule has 0 radical (unpaired) electrons. The Labute approximate surface area is 79.8 Å². The molecule has 0 saturated heterocycles. The summed E-state index contributed by atoms with van der Waals surface area (Å²) in [4.78, 5) is 0. The van der Waals surface area contributed by atoms with E-state index >= 15 is 0 Å². The van der Waals surface area contributed by atoms with Gasteiger partial charge in [0.15, 0.2) is 0 Å². The maximum atomic E-state index is 10.0. The van der Waals surface area contributed by atoms with Gasteiger partial charge in [-0.1, -0.05) is 6.92 Å². The predicted molar refractivity (Wildman–Crippen MR) is 51.1 cm³/mol. The second-order valence-electron chi connectivity index (χ2n) is 4.17. The Kier molecular flexibility index (Phi) is 3.71. The highest BCUT2D eigenvalue weighted by Gasteiger charge is 2.30. The highest BCUT2D eigenvalue weighted by molar-refractivity contribution is 4.87. The van der Waals surface area contributed by atoms with Gasteiger partial charge in [-0.05, 0) is 31.6 Å². The summed E-state index contributed by atoms with van der Waals surface area (Å²) in [5, 5.41) is 21.3. The zero-order chi connectivity index (χ0) is 9.73. The van der Waals surface area contributed by atoms with Crippen LogP contribution in [0.4, 0.5) is 0 Å². The third kappa shape index (κ3) is 3.33. The van der Waals surface area contributed by atoms with E-state index in [4.69, 9.17) is 5.26 Å². The van der Waals surface area contributed by atoms with Gasteiger partial charge in [-0.3, -0.25) is 0 Å². The van der Waals surface area contributed by atoms with Crippen LogP contribution in [0.5, 0.6) is 0 Å². The largest absolute Gasteiger partial charge is 0.389 e. The molecule has 3 nitrogen and oxygen atoms in total. The molecule has 0 aliphatic heterocycles. The number of aliphatic hydroxyl groups is 1. The van der Waals surface area contributed by atoms with Gasteiger partial charge in [-0.25, -0.2) is 0 Å². The van der Waals surface area contributed by atoms with Crippen LogP contribution in [0.2, 0.25) is 0 Å². The van der Waals surface area contributed by atoms with Gasteiger partial charge < -0.3 is 10.4 Å². The zero-order valence-corrected chi connectivity index (χ0v) is 8.21. The van der Waals surface area contributed by atoms with Crippen molar-refractivity contribution in [3.63, 3.8) is 0 Å². The van der Waals surface area contributed by atoms with Crippen molar-refractivity contribution < 1.29 is 5.11 Å². The Morgan fingerprint density at radius 3 is 2.69 bits per heavy atom. The number of nitrogens with one attached hydrogen (secondary N) is 1. The van der Waals surface area contributed by atoms with Crippen molar-refractivity contribution in [2.24, 2.45) is 5.92 Å². The summed E-state index contributed by atoms with van der Waals surface area (Å²) in [7, 11) is 0. The molecule has 0 unspecified atom stereocenters. The van der Waals surface area contributed by atoms with Crippen LogP contribution in [0.3, 0.4) is 0 Å². The summed E-state index contributed by atoms with van der Waals surface area (Å²) in [6.07, 6.45) is 3.94. The Bertz CT molecular complexity index is 190. The first kappa shape index (κ1) is 10.5. The molecule has 0 heterocycles. The average Bonchev–Trinajstić information content (AvgIpc) is 2.12. The lowest BCUT2D eigenvalue weighted by Gasteiger charge is -2.34. The predicted octanol–water partition coefficient (Wildman–Crippen LogP) is 1.04. The fourth-order valence-electron chi connectivity index (χ4n) is 1.83. The van der Waals surface area contributed by atoms with E-state index in [1.807, 2.05) is 6.07 Å². The minimum Gasteiger partial charge on any atom is -0.389 e. The van der Waals surface area contributed by atoms with Crippen LogP contribution in [0.15, 0.2) is 0 Å². The van der Waals surface area contributed by atoms with Gasteiger partial charge in [0, 0.05) is 6.54 Å². The van der Waals surface area contributed by atoms with Gasteiger partial charge in [0.05, 0.1) is 18.2 Å². The second-order valence-corrected chi connectivity index (χ2v) is 4.17. The molecule has 0 amide bonds. The molecule has 74 valence electrons. The Balaban J connectivity index is 2.27. The van der Waals surface area contributed by atoms with Crippen LogP contribution >= 0.6 is 0 Å². The van der Waals surface area contributed by atoms with Crippen LogP contribution < -0.4 is 5.32 Å². The van der Waals surface area contributed by atoms with Crippen LogP contribution in [0, 0.1) is 17.2 Å². The molecule has 2 N–H and O–H groups in total. The molecule has 0 spiro atoms. The molecule has 0 aromatic rings. The Morgan fingerprint density at radius 2 is 2.15 bits per heavy atom. The summed E-state index contributed by atoms with van der Waals surface area (Å²) in [6.45, 7) is 3.12. The molecule has 0 aromatic carbocycles. The van der Waals surface area contributed by atoms with Crippen molar-refractivity contribution in [1.29, 1.82) is 5.26 Å². The third-order valence-electron chi connectivity index (χ3n) is 2.86. The maximum Gasteiger partial charge on any atom is 0.0841 e. The summed E-state index contributed by atoms with van der Waals surface area (Å²) in [6, 6.07) is 2.01. The van der Waals surface area contributed by atoms with Gasteiger partial charge in [-0.2, -0.15) is 5.26 Å². The summed E-state index contributed by atoms with van der Waals surface area (Å²) >= 11 is 0. The number of nitrogens with zero attached hydrogens (tertiary/aromatic N) is 1. The standard InChI is InChI=1S/C10H18N2O/c1-9-2-4-10(13,5-3-9)8-12-7-6-11/h9,12-13H,2-5,7-8H2,1H3. The Hall–Kier alpha value is -0.590. The topological polar surface area (TPSA) is 56.0 Å². The first-order chi connectivity index (χ1) is 6.16. The van der Waals surface area contributed by atoms with E-state index in [0.717, 1.165) is 31.6 Å². The fraction of sp³-hybridized carbons (Fsp3) is 0.900. The van der Waals surface area contributed by atoms with Crippen molar-refractivity contribution >= 4 is 0 Å². The molecule has 1 aliphatic rings. The van der Waals surface area contributed by atoms with Crippen molar-refractivity contribution in [1.82, 2.24) is 5.32 Å². The summed E-state index contributed by atoms with van der Waals surface area (Å²) in [5.74, 6) is 0.747. The van der Waals surface area contributed by atoms with E-state index < -0.39 is 5.60 Å². The first-order valence-electron chi connectivity index (χ1n) is 4.96. The second kappa shape index (κ2) is 4.59. The highest BCUT2D eigenvalue weighted by atomic mass is 16.3. The van der Waals surface area contributed by atoms with Gasteiger partial charge in [-0.15, -0.1) is 0 Å². The zero-order valence-electron chi connectivity index (χ0n) is 8.21. The molecule has 0 atom stereocenters. The Morgan fingerprint density at radius 1 is 1.54 bits per heavy atom. The molecule has 1 fully saturated rings. The molecule has 0 aromatic heterocycles. The number of hydrogen-bond donors (Lipinski definition) is 2. The number of nitriles is 1. The van der Waals surface area contributed by atoms with E-state index in [1.165, 1.54) is 0 Å².